The number of fused-ring (bicyclic) bond motifs is 4. The second-order valence-electron chi connectivity index (χ2n) is 8.29. The second-order valence-corrected chi connectivity index (χ2v) is 10.9. The fraction of sp³-hybridized carbons (Fsp3) is 0.333. The highest BCUT2D eigenvalue weighted by Crippen LogP contribution is 2.35. The number of hydrogen-bond donors (Lipinski definition) is 2. The van der Waals surface area contributed by atoms with Gasteiger partial charge in [0.05, 0.1) is 23.7 Å². The van der Waals surface area contributed by atoms with E-state index in [1.807, 2.05) is 16.7 Å². The molecule has 3 aromatic rings. The van der Waals surface area contributed by atoms with Crippen LogP contribution in [0.5, 0.6) is 5.88 Å². The maximum atomic E-state index is 12.7. The summed E-state index contributed by atoms with van der Waals surface area (Å²) >= 11 is 6.51. The summed E-state index contributed by atoms with van der Waals surface area (Å²) in [6.45, 7) is 2.19. The molecule has 0 amide bonds. The SMILES string of the molecule is COc1nsnc1NS(=O)(=O)c1ccc(NC(=S)N2CC3C[C@@H](C2)Cn2c3cccc2=O)cc1. The maximum absolute atomic E-state index is 12.7. The van der Waals surface area contributed by atoms with Crippen LogP contribution in [0.25, 0.3) is 0 Å². The number of benzene rings is 1. The van der Waals surface area contributed by atoms with Crippen LogP contribution in [-0.4, -0.2) is 51.9 Å². The third-order valence-corrected chi connectivity index (χ3v) is 8.29. The average Bonchev–Trinajstić information content (AvgIpc) is 3.26. The van der Waals surface area contributed by atoms with Gasteiger partial charge < -0.3 is 19.5 Å². The van der Waals surface area contributed by atoms with Gasteiger partial charge in [-0.3, -0.25) is 9.52 Å². The summed E-state index contributed by atoms with van der Waals surface area (Å²) in [6, 6.07) is 11.8. The van der Waals surface area contributed by atoms with Crippen LogP contribution in [0.15, 0.2) is 52.2 Å². The molecule has 178 valence electrons. The van der Waals surface area contributed by atoms with Crippen molar-refractivity contribution in [3.8, 4) is 5.88 Å². The van der Waals surface area contributed by atoms with Crippen molar-refractivity contribution in [3.05, 3.63) is 58.5 Å². The van der Waals surface area contributed by atoms with Crippen molar-refractivity contribution in [1.29, 1.82) is 0 Å². The highest BCUT2D eigenvalue weighted by atomic mass is 32.2. The lowest BCUT2D eigenvalue weighted by atomic mass is 9.83. The number of aromatic nitrogens is 3. The minimum atomic E-state index is -3.85. The molecule has 1 unspecified atom stereocenters. The molecule has 0 radical (unpaired) electrons. The Morgan fingerprint density at radius 2 is 1.94 bits per heavy atom. The van der Waals surface area contributed by atoms with Crippen LogP contribution >= 0.6 is 23.9 Å². The Balaban J connectivity index is 1.26. The lowest BCUT2D eigenvalue weighted by Gasteiger charge is -2.43. The number of piperidine rings is 1. The van der Waals surface area contributed by atoms with Crippen LogP contribution < -0.4 is 20.3 Å². The van der Waals surface area contributed by atoms with Gasteiger partial charge in [0.2, 0.25) is 5.82 Å². The number of hydrogen-bond acceptors (Lipinski definition) is 8. The summed E-state index contributed by atoms with van der Waals surface area (Å²) in [5, 5.41) is 3.79. The Morgan fingerprint density at radius 1 is 1.15 bits per heavy atom. The van der Waals surface area contributed by atoms with Crippen molar-refractivity contribution in [2.24, 2.45) is 5.92 Å². The zero-order valence-corrected chi connectivity index (χ0v) is 20.6. The molecule has 2 bridgehead atoms. The average molecular weight is 519 g/mol. The largest absolute Gasteiger partial charge is 0.478 e. The Bertz CT molecular complexity index is 1390. The second kappa shape index (κ2) is 8.96. The molecular weight excluding hydrogens is 496 g/mol. The molecule has 5 rings (SSSR count). The van der Waals surface area contributed by atoms with E-state index >= 15 is 0 Å². The van der Waals surface area contributed by atoms with Gasteiger partial charge in [0.25, 0.3) is 21.5 Å². The van der Waals surface area contributed by atoms with Crippen LogP contribution in [0.4, 0.5) is 11.5 Å². The molecule has 2 aliphatic rings. The third kappa shape index (κ3) is 4.38. The number of sulfonamides is 1. The van der Waals surface area contributed by atoms with Gasteiger partial charge in [-0.15, -0.1) is 4.37 Å². The Hall–Kier alpha value is -3.03. The molecule has 2 atom stereocenters. The summed E-state index contributed by atoms with van der Waals surface area (Å²) < 4.78 is 42.4. The topological polar surface area (TPSA) is 118 Å². The first-order chi connectivity index (χ1) is 16.3. The van der Waals surface area contributed by atoms with Gasteiger partial charge in [0.1, 0.15) is 0 Å². The van der Waals surface area contributed by atoms with E-state index in [-0.39, 0.29) is 28.1 Å². The summed E-state index contributed by atoms with van der Waals surface area (Å²) in [6.07, 6.45) is 1.04. The molecule has 0 saturated carbocycles. The van der Waals surface area contributed by atoms with Crippen LogP contribution in [-0.2, 0) is 16.6 Å². The Kier molecular flexibility index (Phi) is 6.00. The number of thiocarbonyl (C=S) groups is 1. The molecule has 0 spiro atoms. The van der Waals surface area contributed by atoms with E-state index in [1.165, 1.54) is 19.2 Å². The molecule has 2 N–H and O–H groups in total. The molecule has 2 aliphatic heterocycles. The molecule has 1 saturated heterocycles. The third-order valence-electron chi connectivity index (χ3n) is 6.07. The molecule has 2 aromatic heterocycles. The quantitative estimate of drug-likeness (QED) is 0.491. The number of ether oxygens (including phenoxy) is 1. The number of likely N-dealkylation sites (tertiary alicyclic amines) is 1. The van der Waals surface area contributed by atoms with E-state index in [1.54, 1.807) is 18.2 Å². The van der Waals surface area contributed by atoms with Gasteiger partial charge in [0.15, 0.2) is 5.11 Å². The van der Waals surface area contributed by atoms with Crippen LogP contribution in [0.1, 0.15) is 18.0 Å². The van der Waals surface area contributed by atoms with E-state index in [2.05, 4.69) is 23.7 Å². The van der Waals surface area contributed by atoms with Crippen molar-refractivity contribution < 1.29 is 13.2 Å². The van der Waals surface area contributed by atoms with Crippen molar-refractivity contribution in [1.82, 2.24) is 18.2 Å². The molecule has 4 heterocycles. The molecule has 0 aliphatic carbocycles. The molecular formula is C21H22N6O4S3. The van der Waals surface area contributed by atoms with Gasteiger partial charge >= 0.3 is 0 Å². The minimum Gasteiger partial charge on any atom is -0.478 e. The number of pyridine rings is 1. The Morgan fingerprint density at radius 3 is 2.71 bits per heavy atom. The predicted molar refractivity (Wildman–Crippen MR) is 133 cm³/mol. The fourth-order valence-electron chi connectivity index (χ4n) is 4.55. The van der Waals surface area contributed by atoms with Crippen molar-refractivity contribution >= 4 is 50.6 Å². The Labute approximate surface area is 205 Å². The van der Waals surface area contributed by atoms with E-state index in [9.17, 15) is 13.2 Å². The zero-order valence-electron chi connectivity index (χ0n) is 18.2. The van der Waals surface area contributed by atoms with Crippen LogP contribution in [0, 0.1) is 5.92 Å². The number of nitrogens with zero attached hydrogens (tertiary/aromatic N) is 4. The smallest absolute Gasteiger partial charge is 0.271 e. The first-order valence-corrected chi connectivity index (χ1v) is 13.2. The number of anilines is 2. The van der Waals surface area contributed by atoms with Gasteiger partial charge in [-0.2, -0.15) is 4.37 Å². The first-order valence-electron chi connectivity index (χ1n) is 10.6. The molecule has 1 aromatic carbocycles. The molecule has 34 heavy (non-hydrogen) atoms. The van der Waals surface area contributed by atoms with E-state index in [4.69, 9.17) is 17.0 Å². The molecule has 1 fully saturated rings. The van der Waals surface area contributed by atoms with Gasteiger partial charge in [-0.05, 0) is 54.9 Å². The zero-order chi connectivity index (χ0) is 23.9. The fourth-order valence-corrected chi connectivity index (χ4v) is 6.35. The van der Waals surface area contributed by atoms with Crippen molar-refractivity contribution in [2.75, 3.05) is 30.2 Å². The van der Waals surface area contributed by atoms with Gasteiger partial charge in [-0.1, -0.05) is 6.07 Å². The van der Waals surface area contributed by atoms with Gasteiger partial charge in [-0.25, -0.2) is 8.42 Å². The molecule has 13 heteroatoms. The number of methoxy groups -OCH3 is 1. The number of rotatable bonds is 5. The summed E-state index contributed by atoms with van der Waals surface area (Å²) in [4.78, 5) is 14.4. The monoisotopic (exact) mass is 518 g/mol. The lowest BCUT2D eigenvalue weighted by molar-refractivity contribution is 0.180. The van der Waals surface area contributed by atoms with Crippen LogP contribution in [0.3, 0.4) is 0 Å². The van der Waals surface area contributed by atoms with Crippen molar-refractivity contribution in [2.45, 2.75) is 23.8 Å². The normalized spacial score (nSPS) is 19.3. The van der Waals surface area contributed by atoms with Gasteiger partial charge in [0, 0.05) is 43.0 Å². The minimum absolute atomic E-state index is 0.0513. The van der Waals surface area contributed by atoms with E-state index < -0.39 is 10.0 Å². The summed E-state index contributed by atoms with van der Waals surface area (Å²) in [5.41, 5.74) is 1.80. The summed E-state index contributed by atoms with van der Waals surface area (Å²) in [5.74, 6) is 0.769. The first kappa shape index (κ1) is 22.7. The summed E-state index contributed by atoms with van der Waals surface area (Å²) in [7, 11) is -2.45. The van der Waals surface area contributed by atoms with Crippen molar-refractivity contribution in [3.63, 3.8) is 0 Å². The standard InChI is InChI=1S/C21H22N6O4S3/c1-31-20-19(23-33-24-20)25-34(29,30)16-7-5-15(6-8-16)22-21(32)26-10-13-9-14(12-26)17-3-2-4-18(28)27(17)11-13/h2-8,13-14H,9-12H2,1H3,(H,22,32)(H,23,25)/t13-,14?/m0/s1. The highest BCUT2D eigenvalue weighted by molar-refractivity contribution is 7.92. The highest BCUT2D eigenvalue weighted by Gasteiger charge is 2.35. The lowest BCUT2D eigenvalue weighted by Crippen LogP contribution is -2.50. The number of nitrogens with one attached hydrogen (secondary N) is 2. The maximum Gasteiger partial charge on any atom is 0.271 e. The van der Waals surface area contributed by atoms with E-state index in [0.29, 0.717) is 23.3 Å². The predicted octanol–water partition coefficient (Wildman–Crippen LogP) is 2.33. The molecule has 10 nitrogen and oxygen atoms in total. The van der Waals surface area contributed by atoms with E-state index in [0.717, 1.165) is 36.9 Å². The van der Waals surface area contributed by atoms with Crippen LogP contribution in [0.2, 0.25) is 0 Å².